The largest absolute Gasteiger partial charge is 0.497 e. The van der Waals surface area contributed by atoms with E-state index in [1.165, 1.54) is 36.9 Å². The van der Waals surface area contributed by atoms with Gasteiger partial charge in [-0.15, -0.1) is 0 Å². The van der Waals surface area contributed by atoms with Crippen molar-refractivity contribution >= 4 is 15.9 Å². The van der Waals surface area contributed by atoms with Crippen LogP contribution in [0.4, 0.5) is 13.2 Å². The summed E-state index contributed by atoms with van der Waals surface area (Å²) < 4.78 is 77.2. The number of allylic oxidation sites excluding steroid dienone is 2. The first-order valence-corrected chi connectivity index (χ1v) is 11.8. The number of halogens is 3. The first-order valence-electron chi connectivity index (χ1n) is 10.4. The SMILES string of the molecule is COc1ccc(S(=O)(=O)N(Cc2ccccc2)C2C(C(=O)NO)=CC=CC2(O)OCC(F)(F)F)cc1. The van der Waals surface area contributed by atoms with Gasteiger partial charge in [0.05, 0.1) is 12.0 Å². The number of amides is 1. The Balaban J connectivity index is 2.20. The molecule has 0 bridgehead atoms. The molecule has 194 valence electrons. The lowest BCUT2D eigenvalue weighted by Gasteiger charge is -2.42. The van der Waals surface area contributed by atoms with E-state index in [9.17, 15) is 36.7 Å². The maximum atomic E-state index is 13.8. The number of hydroxylamine groups is 1. The number of carbonyl (C=O) groups is 1. The van der Waals surface area contributed by atoms with E-state index in [2.05, 4.69) is 0 Å². The zero-order chi connectivity index (χ0) is 26.6. The summed E-state index contributed by atoms with van der Waals surface area (Å²) >= 11 is 0. The molecule has 3 rings (SSSR count). The van der Waals surface area contributed by atoms with Gasteiger partial charge in [0.25, 0.3) is 5.91 Å². The summed E-state index contributed by atoms with van der Waals surface area (Å²) in [5.41, 5.74) is 1.17. The highest BCUT2D eigenvalue weighted by Crippen LogP contribution is 2.36. The third kappa shape index (κ3) is 6.12. The average molecular weight is 529 g/mol. The Morgan fingerprint density at radius 1 is 1.14 bits per heavy atom. The molecule has 1 aliphatic rings. The molecule has 0 heterocycles. The fourth-order valence-electron chi connectivity index (χ4n) is 3.61. The lowest BCUT2D eigenvalue weighted by atomic mass is 9.92. The Morgan fingerprint density at radius 2 is 1.78 bits per heavy atom. The van der Waals surface area contributed by atoms with Crippen LogP contribution < -0.4 is 10.2 Å². The van der Waals surface area contributed by atoms with Gasteiger partial charge in [-0.3, -0.25) is 10.0 Å². The highest BCUT2D eigenvalue weighted by atomic mass is 32.2. The molecule has 2 aromatic rings. The van der Waals surface area contributed by atoms with E-state index in [1.54, 1.807) is 30.3 Å². The second kappa shape index (κ2) is 10.8. The van der Waals surface area contributed by atoms with Crippen molar-refractivity contribution in [2.75, 3.05) is 13.7 Å². The highest BCUT2D eigenvalue weighted by molar-refractivity contribution is 7.89. The minimum atomic E-state index is -4.88. The molecule has 13 heteroatoms. The van der Waals surface area contributed by atoms with Crippen molar-refractivity contribution in [1.82, 2.24) is 9.79 Å². The molecule has 1 amide bonds. The number of ether oxygens (including phenoxy) is 2. The van der Waals surface area contributed by atoms with Crippen molar-refractivity contribution in [3.05, 3.63) is 84.0 Å². The number of hydrogen-bond acceptors (Lipinski definition) is 7. The predicted molar refractivity (Wildman–Crippen MR) is 120 cm³/mol. The van der Waals surface area contributed by atoms with Crippen LogP contribution in [0.15, 0.2) is 83.3 Å². The minimum Gasteiger partial charge on any atom is -0.497 e. The number of sulfonamides is 1. The van der Waals surface area contributed by atoms with E-state index in [-0.39, 0.29) is 4.90 Å². The molecule has 0 spiro atoms. The van der Waals surface area contributed by atoms with Gasteiger partial charge in [0.2, 0.25) is 15.8 Å². The van der Waals surface area contributed by atoms with Crippen LogP contribution >= 0.6 is 0 Å². The zero-order valence-corrected chi connectivity index (χ0v) is 19.7. The van der Waals surface area contributed by atoms with E-state index in [1.807, 2.05) is 0 Å². The molecule has 0 aliphatic heterocycles. The minimum absolute atomic E-state index is 0.296. The van der Waals surface area contributed by atoms with Crippen LogP contribution in [0.25, 0.3) is 0 Å². The first-order chi connectivity index (χ1) is 16.9. The Hall–Kier alpha value is -3.23. The molecule has 1 aliphatic carbocycles. The van der Waals surface area contributed by atoms with E-state index in [0.29, 0.717) is 15.6 Å². The monoisotopic (exact) mass is 528 g/mol. The molecule has 2 aromatic carbocycles. The van der Waals surface area contributed by atoms with Crippen LogP contribution in [-0.2, 0) is 26.1 Å². The van der Waals surface area contributed by atoms with Gasteiger partial charge in [0.15, 0.2) is 0 Å². The molecule has 0 saturated heterocycles. The van der Waals surface area contributed by atoms with Crippen molar-refractivity contribution in [2.45, 2.75) is 29.4 Å². The standard InChI is InChI=1S/C23H23F3N2O7S/c1-34-17-9-11-18(12-10-17)36(32,33)28(14-16-6-3-2-4-7-16)20-19(21(29)27-31)8-5-13-22(20,30)35-15-23(24,25)26/h2-13,20,30-31H,14-15H2,1H3,(H,27,29). The van der Waals surface area contributed by atoms with Gasteiger partial charge in [0.1, 0.15) is 18.4 Å². The predicted octanol–water partition coefficient (Wildman–Crippen LogP) is 2.52. The summed E-state index contributed by atoms with van der Waals surface area (Å²) in [6, 6.07) is 11.1. The van der Waals surface area contributed by atoms with Gasteiger partial charge in [-0.2, -0.15) is 17.5 Å². The van der Waals surface area contributed by atoms with Crippen molar-refractivity contribution < 1.29 is 46.2 Å². The molecular formula is C23H23F3N2O7S. The number of hydrogen-bond donors (Lipinski definition) is 3. The quantitative estimate of drug-likeness (QED) is 0.260. The summed E-state index contributed by atoms with van der Waals surface area (Å²) in [6.45, 7) is -2.42. The van der Waals surface area contributed by atoms with Crippen LogP contribution in [0.1, 0.15) is 5.56 Å². The maximum absolute atomic E-state index is 13.8. The van der Waals surface area contributed by atoms with Crippen LogP contribution in [0.5, 0.6) is 5.75 Å². The topological polar surface area (TPSA) is 125 Å². The lowest BCUT2D eigenvalue weighted by molar-refractivity contribution is -0.257. The van der Waals surface area contributed by atoms with Gasteiger partial charge in [-0.05, 0) is 35.9 Å². The van der Waals surface area contributed by atoms with Gasteiger partial charge in [-0.1, -0.05) is 42.5 Å². The third-order valence-corrected chi connectivity index (χ3v) is 7.09. The normalized spacial score (nSPS) is 20.2. The molecule has 0 fully saturated rings. The number of aliphatic hydroxyl groups is 1. The second-order valence-electron chi connectivity index (χ2n) is 7.69. The van der Waals surface area contributed by atoms with Gasteiger partial charge >= 0.3 is 6.18 Å². The fraction of sp³-hybridized carbons (Fsp3) is 0.261. The van der Waals surface area contributed by atoms with E-state index < -0.39 is 52.7 Å². The Kier molecular flexibility index (Phi) is 8.21. The number of nitrogens with zero attached hydrogens (tertiary/aromatic N) is 1. The van der Waals surface area contributed by atoms with Crippen LogP contribution in [0.3, 0.4) is 0 Å². The molecule has 9 nitrogen and oxygen atoms in total. The molecule has 36 heavy (non-hydrogen) atoms. The van der Waals surface area contributed by atoms with Crippen LogP contribution in [0.2, 0.25) is 0 Å². The first kappa shape index (κ1) is 27.4. The summed E-state index contributed by atoms with van der Waals surface area (Å²) in [5.74, 6) is -3.84. The number of nitrogens with one attached hydrogen (secondary N) is 1. The summed E-state index contributed by atoms with van der Waals surface area (Å²) in [5, 5.41) is 20.4. The Labute approximate surface area is 205 Å². The van der Waals surface area contributed by atoms with Crippen molar-refractivity contribution in [3.63, 3.8) is 0 Å². The number of methoxy groups -OCH3 is 1. The van der Waals surface area contributed by atoms with Gasteiger partial charge in [0, 0.05) is 12.1 Å². The highest BCUT2D eigenvalue weighted by Gasteiger charge is 2.51. The molecule has 0 aromatic heterocycles. The summed E-state index contributed by atoms with van der Waals surface area (Å²) in [7, 11) is -3.23. The van der Waals surface area contributed by atoms with E-state index in [0.717, 1.165) is 18.2 Å². The Morgan fingerprint density at radius 3 is 2.33 bits per heavy atom. The van der Waals surface area contributed by atoms with Crippen molar-refractivity contribution in [2.24, 2.45) is 0 Å². The second-order valence-corrected chi connectivity index (χ2v) is 9.58. The number of rotatable bonds is 9. The van der Waals surface area contributed by atoms with Crippen molar-refractivity contribution in [3.8, 4) is 5.75 Å². The van der Waals surface area contributed by atoms with Crippen LogP contribution in [-0.4, -0.2) is 60.7 Å². The fourth-order valence-corrected chi connectivity index (χ4v) is 5.22. The molecule has 2 unspecified atom stereocenters. The Bertz CT molecular complexity index is 1230. The molecular weight excluding hydrogens is 505 g/mol. The molecule has 3 N–H and O–H groups in total. The summed E-state index contributed by atoms with van der Waals surface area (Å²) in [6.07, 6.45) is -1.99. The number of carbonyl (C=O) groups excluding carboxylic acids is 1. The summed E-state index contributed by atoms with van der Waals surface area (Å²) in [4.78, 5) is 12.2. The number of benzene rings is 2. The molecule has 2 atom stereocenters. The number of alkyl halides is 3. The maximum Gasteiger partial charge on any atom is 0.411 e. The van der Waals surface area contributed by atoms with E-state index in [4.69, 9.17) is 9.47 Å². The third-order valence-electron chi connectivity index (χ3n) is 5.26. The van der Waals surface area contributed by atoms with Gasteiger partial charge in [-0.25, -0.2) is 13.9 Å². The average Bonchev–Trinajstić information content (AvgIpc) is 2.86. The smallest absolute Gasteiger partial charge is 0.411 e. The van der Waals surface area contributed by atoms with Crippen LogP contribution in [0, 0.1) is 0 Å². The molecule has 0 radical (unpaired) electrons. The zero-order valence-electron chi connectivity index (χ0n) is 18.8. The van der Waals surface area contributed by atoms with Crippen molar-refractivity contribution in [1.29, 1.82) is 0 Å². The van der Waals surface area contributed by atoms with Gasteiger partial charge < -0.3 is 14.6 Å². The lowest BCUT2D eigenvalue weighted by Crippen LogP contribution is -2.59. The molecule has 0 saturated carbocycles. The van der Waals surface area contributed by atoms with E-state index >= 15 is 0 Å².